The lowest BCUT2D eigenvalue weighted by Gasteiger charge is -2.29. The molecular formula is C28H35N5O3. The van der Waals surface area contributed by atoms with E-state index in [1.807, 2.05) is 29.2 Å². The number of likely N-dealkylation sites (tertiary alicyclic amines) is 1. The molecule has 2 aromatic rings. The Balaban J connectivity index is 1.25. The van der Waals surface area contributed by atoms with Gasteiger partial charge in [0.15, 0.2) is 0 Å². The zero-order valence-corrected chi connectivity index (χ0v) is 20.9. The van der Waals surface area contributed by atoms with Gasteiger partial charge in [-0.1, -0.05) is 24.3 Å². The van der Waals surface area contributed by atoms with E-state index in [9.17, 15) is 9.59 Å². The van der Waals surface area contributed by atoms with Gasteiger partial charge in [0.05, 0.1) is 13.2 Å². The van der Waals surface area contributed by atoms with E-state index in [1.54, 1.807) is 11.9 Å². The van der Waals surface area contributed by atoms with Gasteiger partial charge in [-0.3, -0.25) is 14.5 Å². The molecule has 1 atom stereocenters. The number of carbonyl (C=O) groups excluding carboxylic acids is 2. The van der Waals surface area contributed by atoms with E-state index >= 15 is 0 Å². The molecular weight excluding hydrogens is 454 g/mol. The highest BCUT2D eigenvalue weighted by atomic mass is 16.5. The first-order valence-corrected chi connectivity index (χ1v) is 13.0. The first-order valence-electron chi connectivity index (χ1n) is 13.0. The maximum absolute atomic E-state index is 12.4. The van der Waals surface area contributed by atoms with E-state index in [2.05, 4.69) is 39.7 Å². The summed E-state index contributed by atoms with van der Waals surface area (Å²) in [5, 5.41) is 4.43. The summed E-state index contributed by atoms with van der Waals surface area (Å²) in [5.41, 5.74) is 7.06. The second kappa shape index (κ2) is 11.1. The van der Waals surface area contributed by atoms with Crippen LogP contribution in [0.5, 0.6) is 0 Å². The van der Waals surface area contributed by atoms with Crippen LogP contribution in [0.1, 0.15) is 25.7 Å². The van der Waals surface area contributed by atoms with Crippen molar-refractivity contribution in [1.82, 2.24) is 10.3 Å². The number of anilines is 2. The highest BCUT2D eigenvalue weighted by molar-refractivity contribution is 6.10. The van der Waals surface area contributed by atoms with Crippen molar-refractivity contribution in [2.45, 2.75) is 25.7 Å². The van der Waals surface area contributed by atoms with Gasteiger partial charge in [0, 0.05) is 56.9 Å². The lowest BCUT2D eigenvalue weighted by atomic mass is 10.0. The Labute approximate surface area is 212 Å². The average Bonchev–Trinajstić information content (AvgIpc) is 3.68. The number of ether oxygens (including phenoxy) is 1. The van der Waals surface area contributed by atoms with Crippen LogP contribution in [-0.4, -0.2) is 69.5 Å². The summed E-state index contributed by atoms with van der Waals surface area (Å²) < 4.78 is 5.45. The monoisotopic (exact) mass is 489 g/mol. The van der Waals surface area contributed by atoms with E-state index in [1.165, 1.54) is 5.69 Å². The summed E-state index contributed by atoms with van der Waals surface area (Å²) in [5.74, 6) is 1.51. The molecule has 0 spiro atoms. The Morgan fingerprint density at radius 3 is 2.31 bits per heavy atom. The lowest BCUT2D eigenvalue weighted by molar-refractivity contribution is -0.131. The van der Waals surface area contributed by atoms with Gasteiger partial charge in [0.1, 0.15) is 5.84 Å². The van der Waals surface area contributed by atoms with Crippen LogP contribution in [0.25, 0.3) is 11.1 Å². The van der Waals surface area contributed by atoms with E-state index in [4.69, 9.17) is 4.74 Å². The van der Waals surface area contributed by atoms with E-state index < -0.39 is 0 Å². The lowest BCUT2D eigenvalue weighted by Crippen LogP contribution is -2.36. The number of nitrogens with one attached hydrogen (secondary N) is 1. The molecule has 3 fully saturated rings. The molecule has 3 aliphatic rings. The molecule has 0 radical (unpaired) electrons. The molecule has 1 N–H and O–H groups in total. The largest absolute Gasteiger partial charge is 0.378 e. The second-order valence-corrected chi connectivity index (χ2v) is 9.84. The molecule has 8 heteroatoms. The Morgan fingerprint density at radius 2 is 1.69 bits per heavy atom. The fraction of sp³-hybridized carbons (Fsp3) is 0.464. The van der Waals surface area contributed by atoms with Crippen molar-refractivity contribution in [2.75, 3.05) is 56.2 Å². The minimum absolute atomic E-state index is 0.245. The summed E-state index contributed by atoms with van der Waals surface area (Å²) in [6, 6.07) is 16.6. The maximum Gasteiger partial charge on any atom is 0.225 e. The number of hydrogen-bond acceptors (Lipinski definition) is 6. The molecule has 8 nitrogen and oxygen atoms in total. The fourth-order valence-electron chi connectivity index (χ4n) is 5.14. The third-order valence-electron chi connectivity index (χ3n) is 7.34. The molecule has 2 aromatic carbocycles. The van der Waals surface area contributed by atoms with Gasteiger partial charge in [0.2, 0.25) is 12.3 Å². The molecule has 1 unspecified atom stereocenters. The van der Waals surface area contributed by atoms with Crippen molar-refractivity contribution in [1.29, 1.82) is 0 Å². The molecule has 0 bridgehead atoms. The number of amides is 2. The Kier molecular flexibility index (Phi) is 7.51. The second-order valence-electron chi connectivity index (χ2n) is 9.84. The molecule has 190 valence electrons. The van der Waals surface area contributed by atoms with Crippen LogP contribution in [-0.2, 0) is 14.3 Å². The van der Waals surface area contributed by atoms with Crippen molar-refractivity contribution < 1.29 is 14.3 Å². The standard InChI is InChI=1S/C28H35N5O3/c1-29-30-27(18-21-12-13-32(19-21)28(35)24-2-3-24)33(20-34)26-10-6-23(7-11-26)22-4-8-25(9-5-22)31-14-16-36-17-15-31/h4-11,20-21,24,29H,2-3,12-19H2,1H3/b30-27-. The van der Waals surface area contributed by atoms with Gasteiger partial charge in [-0.25, -0.2) is 0 Å². The van der Waals surface area contributed by atoms with Crippen LogP contribution in [0, 0.1) is 11.8 Å². The van der Waals surface area contributed by atoms with E-state index in [0.29, 0.717) is 24.1 Å². The number of benzene rings is 2. The van der Waals surface area contributed by atoms with Gasteiger partial charge >= 0.3 is 0 Å². The van der Waals surface area contributed by atoms with Gasteiger partial charge in [-0.2, -0.15) is 5.10 Å². The highest BCUT2D eigenvalue weighted by Crippen LogP contribution is 2.34. The van der Waals surface area contributed by atoms with E-state index in [0.717, 1.165) is 81.9 Å². The third kappa shape index (κ3) is 5.54. The summed E-state index contributed by atoms with van der Waals surface area (Å²) in [7, 11) is 1.74. The first kappa shape index (κ1) is 24.3. The minimum atomic E-state index is 0.245. The van der Waals surface area contributed by atoms with Crippen LogP contribution < -0.4 is 15.2 Å². The quantitative estimate of drug-likeness (QED) is 0.266. The minimum Gasteiger partial charge on any atom is -0.378 e. The van der Waals surface area contributed by atoms with Crippen molar-refractivity contribution in [3.8, 4) is 11.1 Å². The number of rotatable bonds is 8. The van der Waals surface area contributed by atoms with Gasteiger partial charge < -0.3 is 20.0 Å². The molecule has 0 aromatic heterocycles. The third-order valence-corrected chi connectivity index (χ3v) is 7.34. The molecule has 2 heterocycles. The summed E-state index contributed by atoms with van der Waals surface area (Å²) in [4.78, 5) is 30.5. The number of amidine groups is 1. The predicted molar refractivity (Wildman–Crippen MR) is 142 cm³/mol. The zero-order valence-electron chi connectivity index (χ0n) is 20.9. The number of carbonyl (C=O) groups is 2. The van der Waals surface area contributed by atoms with E-state index in [-0.39, 0.29) is 5.92 Å². The summed E-state index contributed by atoms with van der Waals surface area (Å²) >= 11 is 0. The Bertz CT molecular complexity index is 1080. The van der Waals surface area contributed by atoms with Crippen LogP contribution in [0.3, 0.4) is 0 Å². The van der Waals surface area contributed by atoms with Crippen molar-refractivity contribution >= 4 is 29.5 Å². The SMILES string of the molecule is CN/N=C(/CC1CCN(C(=O)C2CC2)C1)N(C=O)c1ccc(-c2ccc(N3CCOCC3)cc2)cc1. The number of hydrogen-bond donors (Lipinski definition) is 1. The Hall–Kier alpha value is -3.39. The van der Waals surface area contributed by atoms with Crippen LogP contribution in [0.15, 0.2) is 53.6 Å². The van der Waals surface area contributed by atoms with Crippen molar-refractivity contribution in [2.24, 2.45) is 16.9 Å². The molecule has 2 aliphatic heterocycles. The van der Waals surface area contributed by atoms with Crippen molar-refractivity contribution in [3.05, 3.63) is 48.5 Å². The average molecular weight is 490 g/mol. The normalized spacial score (nSPS) is 20.4. The summed E-state index contributed by atoms with van der Waals surface area (Å²) in [6.07, 6.45) is 4.45. The van der Waals surface area contributed by atoms with Crippen molar-refractivity contribution in [3.63, 3.8) is 0 Å². The molecule has 5 rings (SSSR count). The first-order chi connectivity index (χ1) is 17.7. The topological polar surface area (TPSA) is 77.5 Å². The van der Waals surface area contributed by atoms with Gasteiger partial charge in [-0.05, 0) is 60.6 Å². The van der Waals surface area contributed by atoms with Crippen LogP contribution >= 0.6 is 0 Å². The number of nitrogens with zero attached hydrogens (tertiary/aromatic N) is 4. The van der Waals surface area contributed by atoms with Crippen LogP contribution in [0.4, 0.5) is 11.4 Å². The summed E-state index contributed by atoms with van der Waals surface area (Å²) in [6.45, 7) is 4.92. The molecule has 1 saturated carbocycles. The zero-order chi connectivity index (χ0) is 24.9. The molecule has 2 amide bonds. The molecule has 2 saturated heterocycles. The van der Waals surface area contributed by atoms with Gasteiger partial charge in [-0.15, -0.1) is 0 Å². The molecule has 1 aliphatic carbocycles. The van der Waals surface area contributed by atoms with Gasteiger partial charge in [0.25, 0.3) is 0 Å². The molecule has 36 heavy (non-hydrogen) atoms. The number of morpholine rings is 1. The maximum atomic E-state index is 12.4. The fourth-order valence-corrected chi connectivity index (χ4v) is 5.14. The Morgan fingerprint density at radius 1 is 1.03 bits per heavy atom. The van der Waals surface area contributed by atoms with Crippen LogP contribution in [0.2, 0.25) is 0 Å². The number of hydrazone groups is 1. The highest BCUT2D eigenvalue weighted by Gasteiger charge is 2.37. The smallest absolute Gasteiger partial charge is 0.225 e. The predicted octanol–water partition coefficient (Wildman–Crippen LogP) is 3.33.